The van der Waals surface area contributed by atoms with E-state index in [0.29, 0.717) is 53.8 Å². The molecule has 80 heavy (non-hydrogen) atoms. The number of ether oxygens (including phenoxy) is 3. The number of aryl methyl sites for hydroxylation is 2. The summed E-state index contributed by atoms with van der Waals surface area (Å²) < 4.78 is 33.8. The number of aliphatic hydroxyl groups excluding tert-OH is 1. The maximum atomic E-state index is 15.4. The molecule has 5 aromatic rings. The van der Waals surface area contributed by atoms with Gasteiger partial charge in [0.25, 0.3) is 17.4 Å². The molecule has 0 radical (unpaired) electrons. The lowest BCUT2D eigenvalue weighted by Gasteiger charge is -2.37. The number of aliphatic hydroxyl groups is 1. The van der Waals surface area contributed by atoms with Crippen LogP contribution in [0.5, 0.6) is 0 Å². The SMILES string of the molecule is CC.Cc1c(F)cc2nc3c(c4c2c1CC[C@@]4(C)COCCOCNC(=O)CNC(=O)C(Cc1ccccc1)NC(=O)CNC(=O)CNC(=O)CCCc1ccc(N2C(=O)C=CC2=O)cc1)Cn1c-3cc2c(c1=O)COC(=O)C2O. The van der Waals surface area contributed by atoms with E-state index in [1.165, 1.54) is 18.2 Å². The van der Waals surface area contributed by atoms with Crippen LogP contribution >= 0.6 is 0 Å². The number of amides is 7. The lowest BCUT2D eigenvalue weighted by atomic mass is 9.69. The maximum absolute atomic E-state index is 15.4. The van der Waals surface area contributed by atoms with Crippen molar-refractivity contribution < 1.29 is 62.1 Å². The largest absolute Gasteiger partial charge is 0.458 e. The van der Waals surface area contributed by atoms with Crippen molar-refractivity contribution in [3.8, 4) is 11.4 Å². The highest BCUT2D eigenvalue weighted by atomic mass is 19.1. The predicted octanol–water partition coefficient (Wildman–Crippen LogP) is 2.83. The zero-order valence-corrected chi connectivity index (χ0v) is 44.8. The van der Waals surface area contributed by atoms with Crippen molar-refractivity contribution >= 4 is 63.9 Å². The zero-order valence-electron chi connectivity index (χ0n) is 44.8. The van der Waals surface area contributed by atoms with Gasteiger partial charge in [-0.25, -0.2) is 19.1 Å². The van der Waals surface area contributed by atoms with Gasteiger partial charge in [-0.05, 0) is 78.6 Å². The van der Waals surface area contributed by atoms with Crippen molar-refractivity contribution in [1.29, 1.82) is 0 Å². The number of anilines is 1. The summed E-state index contributed by atoms with van der Waals surface area (Å²) >= 11 is 0. The van der Waals surface area contributed by atoms with E-state index >= 15 is 4.39 Å². The molecule has 5 heterocycles. The van der Waals surface area contributed by atoms with Gasteiger partial charge in [0.15, 0.2) is 6.10 Å². The van der Waals surface area contributed by atoms with Gasteiger partial charge < -0.3 is 50.5 Å². The molecule has 3 aliphatic heterocycles. The highest BCUT2D eigenvalue weighted by molar-refractivity contribution is 6.28. The van der Waals surface area contributed by atoms with Crippen LogP contribution in [0.2, 0.25) is 0 Å². The van der Waals surface area contributed by atoms with Crippen LogP contribution in [-0.2, 0) is 90.4 Å². The monoisotopic (exact) mass is 1100 g/mol. The van der Waals surface area contributed by atoms with Gasteiger partial charge in [-0.1, -0.05) is 63.2 Å². The summed E-state index contributed by atoms with van der Waals surface area (Å²) in [6, 6.07) is 17.6. The molecule has 0 saturated heterocycles. The molecule has 0 spiro atoms. The lowest BCUT2D eigenvalue weighted by molar-refractivity contribution is -0.157. The molecule has 9 rings (SSSR count). The number of aromatic nitrogens is 2. The van der Waals surface area contributed by atoms with Gasteiger partial charge in [0.05, 0.1) is 74.2 Å². The van der Waals surface area contributed by atoms with Gasteiger partial charge in [-0.15, -0.1) is 0 Å². The number of imide groups is 1. The fourth-order valence-corrected chi connectivity index (χ4v) is 10.3. The van der Waals surface area contributed by atoms with Gasteiger partial charge >= 0.3 is 5.97 Å². The third kappa shape index (κ3) is 12.8. The molecule has 6 N–H and O–H groups in total. The summed E-state index contributed by atoms with van der Waals surface area (Å²) in [4.78, 5) is 120. The minimum absolute atomic E-state index is 0.0736. The topological polar surface area (TPSA) is 283 Å². The van der Waals surface area contributed by atoms with E-state index in [0.717, 1.165) is 38.1 Å². The van der Waals surface area contributed by atoms with Crippen LogP contribution < -0.4 is 37.0 Å². The molecule has 22 heteroatoms. The number of benzene rings is 3. The maximum Gasteiger partial charge on any atom is 0.340 e. The van der Waals surface area contributed by atoms with Crippen LogP contribution in [0.25, 0.3) is 22.3 Å². The number of carbonyl (C=O) groups excluding carboxylic acids is 8. The van der Waals surface area contributed by atoms with E-state index in [2.05, 4.69) is 26.6 Å². The first kappa shape index (κ1) is 57.7. The molecule has 21 nitrogen and oxygen atoms in total. The third-order valence-corrected chi connectivity index (χ3v) is 14.4. The fraction of sp³-hybridized carbons (Fsp3) is 0.379. The average Bonchev–Trinajstić information content (AvgIpc) is 4.02. The number of rotatable bonds is 22. The molecule has 420 valence electrons. The molecule has 1 aliphatic carbocycles. The van der Waals surface area contributed by atoms with Crippen LogP contribution in [-0.4, -0.2) is 114 Å². The number of hydrogen-bond donors (Lipinski definition) is 6. The molecule has 0 bridgehead atoms. The van der Waals surface area contributed by atoms with Crippen LogP contribution in [0.3, 0.4) is 0 Å². The summed E-state index contributed by atoms with van der Waals surface area (Å²) in [5.74, 6) is -5.01. The zero-order chi connectivity index (χ0) is 57.3. The Balaban J connectivity index is 0.00000416. The van der Waals surface area contributed by atoms with Crippen molar-refractivity contribution in [2.24, 2.45) is 0 Å². The summed E-state index contributed by atoms with van der Waals surface area (Å²) in [7, 11) is 0. The van der Waals surface area contributed by atoms with Crippen molar-refractivity contribution in [2.75, 3.05) is 51.1 Å². The van der Waals surface area contributed by atoms with Crippen LogP contribution in [0.1, 0.15) is 90.6 Å². The number of esters is 1. The molecule has 7 amide bonds. The number of hydrogen-bond acceptors (Lipinski definition) is 14. The summed E-state index contributed by atoms with van der Waals surface area (Å²) in [5.41, 5.74) is 5.68. The first-order valence-electron chi connectivity index (χ1n) is 26.5. The fourth-order valence-electron chi connectivity index (χ4n) is 10.3. The molecule has 4 aliphatic rings. The molecule has 3 atom stereocenters. The van der Waals surface area contributed by atoms with E-state index in [4.69, 9.17) is 19.2 Å². The highest BCUT2D eigenvalue weighted by Gasteiger charge is 2.42. The number of nitrogens with zero attached hydrogens (tertiary/aromatic N) is 3. The van der Waals surface area contributed by atoms with Gasteiger partial charge in [-0.2, -0.15) is 0 Å². The Morgan fingerprint density at radius 1 is 0.825 bits per heavy atom. The van der Waals surface area contributed by atoms with Crippen LogP contribution in [0.4, 0.5) is 10.1 Å². The van der Waals surface area contributed by atoms with Crippen molar-refractivity contribution in [1.82, 2.24) is 36.1 Å². The quantitative estimate of drug-likeness (QED) is 0.0247. The second-order valence-corrected chi connectivity index (χ2v) is 19.7. The van der Waals surface area contributed by atoms with Gasteiger partial charge in [0, 0.05) is 53.0 Å². The number of pyridine rings is 2. The number of carbonyl (C=O) groups is 8. The van der Waals surface area contributed by atoms with Crippen molar-refractivity contribution in [3.63, 3.8) is 0 Å². The number of nitrogens with one attached hydrogen (secondary N) is 5. The molecule has 3 aromatic carbocycles. The van der Waals surface area contributed by atoms with Gasteiger partial charge in [-0.3, -0.25) is 38.4 Å². The first-order chi connectivity index (χ1) is 38.5. The average molecular weight is 1100 g/mol. The minimum Gasteiger partial charge on any atom is -0.458 e. The van der Waals surface area contributed by atoms with Crippen LogP contribution in [0.15, 0.2) is 83.7 Å². The standard InChI is InChI=1S/C56H57FN8O13.C2H6/c1-31-35-17-18-56(2,50-37-27-64-42(51(37)63-40(49(35)50)23-39(31)57)22-36-38(54(64)74)28-78-55(75)52(36)72)29-76-19-20-77-30-61-45(68)25-60-53(73)41(21-33-7-4-3-5-8-33)62-46(69)26-59-44(67)24-58-43(66)10-6-9-32-11-13-34(14-12-32)65-47(70)15-16-48(65)71;1-2/h3-5,7-8,11-16,22-23,41,52,72H,6,9-10,17-21,24-30H2,1-2H3,(H,58,66)(H,59,67)(H,60,73)(H,61,68)(H,62,69);1-2H3/t41?,52?,56-;/m0./s1. The Bertz CT molecular complexity index is 3330. The van der Waals surface area contributed by atoms with Crippen molar-refractivity contribution in [3.05, 3.63) is 140 Å². The normalized spacial score (nSPS) is 16.9. The molecular weight excluding hydrogens is 1040 g/mol. The van der Waals surface area contributed by atoms with E-state index in [1.807, 2.05) is 20.8 Å². The summed E-state index contributed by atoms with van der Waals surface area (Å²) in [5, 5.41) is 24.1. The number of halogens is 1. The number of fused-ring (bicyclic) bond motifs is 5. The van der Waals surface area contributed by atoms with E-state index in [1.54, 1.807) is 72.2 Å². The Hall–Kier alpha value is -8.47. The molecule has 0 fully saturated rings. The molecule has 0 saturated carbocycles. The minimum atomic E-state index is -1.62. The molecular formula is C58H63FN8O13. The van der Waals surface area contributed by atoms with Crippen LogP contribution in [0, 0.1) is 12.7 Å². The third-order valence-electron chi connectivity index (χ3n) is 14.4. The number of cyclic esters (lactones) is 1. The second kappa shape index (κ2) is 25.5. The Kier molecular flexibility index (Phi) is 18.4. The summed E-state index contributed by atoms with van der Waals surface area (Å²) in [6.45, 7) is 6.59. The lowest BCUT2D eigenvalue weighted by Crippen LogP contribution is -2.52. The van der Waals surface area contributed by atoms with Gasteiger partial charge in [0.2, 0.25) is 29.5 Å². The smallest absolute Gasteiger partial charge is 0.340 e. The second-order valence-electron chi connectivity index (χ2n) is 19.7. The van der Waals surface area contributed by atoms with Crippen molar-refractivity contribution in [2.45, 2.75) is 96.9 Å². The highest BCUT2D eigenvalue weighted by Crippen LogP contribution is 2.48. The first-order valence-corrected chi connectivity index (χ1v) is 26.5. The van der Waals surface area contributed by atoms with E-state index in [-0.39, 0.29) is 76.1 Å². The Morgan fingerprint density at radius 2 is 1.50 bits per heavy atom. The Labute approximate surface area is 459 Å². The van der Waals surface area contributed by atoms with E-state index in [9.17, 15) is 48.3 Å². The summed E-state index contributed by atoms with van der Waals surface area (Å²) in [6.07, 6.45) is 3.11. The van der Waals surface area contributed by atoms with E-state index < -0.39 is 83.4 Å². The Morgan fingerprint density at radius 3 is 2.24 bits per heavy atom. The molecule has 2 aromatic heterocycles. The predicted molar refractivity (Wildman–Crippen MR) is 289 cm³/mol. The molecule has 2 unspecified atom stereocenters. The van der Waals surface area contributed by atoms with Gasteiger partial charge in [0.1, 0.15) is 25.2 Å².